The third-order valence-corrected chi connectivity index (χ3v) is 2.83. The largest absolute Gasteiger partial charge is 0.417 e. The Morgan fingerprint density at radius 2 is 2.15 bits per heavy atom. The summed E-state index contributed by atoms with van der Waals surface area (Å²) in [5.74, 6) is 0.154. The molecule has 112 valence electrons. The predicted octanol–water partition coefficient (Wildman–Crippen LogP) is 2.72. The minimum absolute atomic E-state index is 0.0538. The lowest BCUT2D eigenvalue weighted by molar-refractivity contribution is -0.137. The van der Waals surface area contributed by atoms with Crippen LogP contribution in [-0.2, 0) is 11.0 Å². The van der Waals surface area contributed by atoms with Crippen molar-refractivity contribution in [1.29, 1.82) is 0 Å². The summed E-state index contributed by atoms with van der Waals surface area (Å²) in [5.41, 5.74) is -0.877. The van der Waals surface area contributed by atoms with Crippen LogP contribution in [0.15, 0.2) is 12.3 Å². The second kappa shape index (κ2) is 6.78. The van der Waals surface area contributed by atoms with Crippen molar-refractivity contribution in [2.45, 2.75) is 19.5 Å². The first-order chi connectivity index (χ1) is 9.21. The molecule has 0 aliphatic carbocycles. The fourth-order valence-electron chi connectivity index (χ4n) is 1.55. The topological polar surface area (TPSA) is 45.2 Å². The molecule has 1 amide bonds. The Balaban J connectivity index is 2.65. The molecule has 0 spiro atoms. The molecule has 0 unspecified atom stereocenters. The maximum Gasteiger partial charge on any atom is 0.417 e. The molecule has 1 N–H and O–H groups in total. The number of aromatic nitrogens is 1. The molecule has 1 rings (SSSR count). The Morgan fingerprint density at radius 1 is 1.50 bits per heavy atom. The second-order valence-electron chi connectivity index (χ2n) is 4.29. The normalized spacial score (nSPS) is 11.3. The number of anilines is 1. The highest BCUT2D eigenvalue weighted by Crippen LogP contribution is 2.33. The van der Waals surface area contributed by atoms with Crippen molar-refractivity contribution < 1.29 is 18.0 Å². The zero-order valence-corrected chi connectivity index (χ0v) is 11.8. The molecule has 1 heterocycles. The Bertz CT molecular complexity index is 480. The summed E-state index contributed by atoms with van der Waals surface area (Å²) < 4.78 is 37.4. The Hall–Kier alpha value is -1.50. The van der Waals surface area contributed by atoms with Crippen molar-refractivity contribution in [1.82, 2.24) is 10.3 Å². The number of nitrogens with one attached hydrogen (secondary N) is 1. The smallest absolute Gasteiger partial charge is 0.358 e. The zero-order valence-electron chi connectivity index (χ0n) is 11.1. The summed E-state index contributed by atoms with van der Waals surface area (Å²) in [4.78, 5) is 16.1. The van der Waals surface area contributed by atoms with Gasteiger partial charge < -0.3 is 10.2 Å². The fourth-order valence-corrected chi connectivity index (χ4v) is 1.86. The number of halogens is 4. The Morgan fingerprint density at radius 3 is 2.65 bits per heavy atom. The highest BCUT2D eigenvalue weighted by atomic mass is 35.5. The lowest BCUT2D eigenvalue weighted by Gasteiger charge is -2.20. The van der Waals surface area contributed by atoms with E-state index in [1.54, 1.807) is 11.9 Å². The van der Waals surface area contributed by atoms with Gasteiger partial charge in [0.25, 0.3) is 0 Å². The number of pyridine rings is 1. The number of alkyl halides is 3. The molecule has 20 heavy (non-hydrogen) atoms. The van der Waals surface area contributed by atoms with E-state index < -0.39 is 11.7 Å². The average molecular weight is 310 g/mol. The van der Waals surface area contributed by atoms with E-state index in [1.807, 2.05) is 0 Å². The molecular formula is C12H15ClF3N3O. The summed E-state index contributed by atoms with van der Waals surface area (Å²) in [6.45, 7) is 2.41. The summed E-state index contributed by atoms with van der Waals surface area (Å²) in [6.07, 6.45) is -3.07. The third kappa shape index (κ3) is 4.88. The van der Waals surface area contributed by atoms with Crippen LogP contribution >= 0.6 is 11.6 Å². The maximum atomic E-state index is 12.5. The molecule has 0 aliphatic heterocycles. The van der Waals surface area contributed by atoms with Gasteiger partial charge in [-0.15, -0.1) is 0 Å². The van der Waals surface area contributed by atoms with Crippen LogP contribution in [0.25, 0.3) is 0 Å². The number of carbonyl (C=O) groups excluding carboxylic acids is 1. The molecule has 0 bridgehead atoms. The molecule has 4 nitrogen and oxygen atoms in total. The van der Waals surface area contributed by atoms with Gasteiger partial charge in [-0.3, -0.25) is 4.79 Å². The van der Waals surface area contributed by atoms with E-state index in [4.69, 9.17) is 11.6 Å². The van der Waals surface area contributed by atoms with Crippen molar-refractivity contribution in [3.63, 3.8) is 0 Å². The Kier molecular flexibility index (Phi) is 5.62. The lowest BCUT2D eigenvalue weighted by atomic mass is 10.2. The van der Waals surface area contributed by atoms with Crippen molar-refractivity contribution in [3.8, 4) is 0 Å². The van der Waals surface area contributed by atoms with Gasteiger partial charge in [0, 0.05) is 33.3 Å². The minimum Gasteiger partial charge on any atom is -0.358 e. The van der Waals surface area contributed by atoms with Gasteiger partial charge >= 0.3 is 6.18 Å². The van der Waals surface area contributed by atoms with Crippen molar-refractivity contribution in [2.24, 2.45) is 0 Å². The van der Waals surface area contributed by atoms with E-state index in [2.05, 4.69) is 10.3 Å². The molecular weight excluding hydrogens is 295 g/mol. The van der Waals surface area contributed by atoms with E-state index in [-0.39, 0.29) is 16.7 Å². The van der Waals surface area contributed by atoms with Crippen LogP contribution in [0.1, 0.15) is 18.9 Å². The molecule has 8 heteroatoms. The third-order valence-electron chi connectivity index (χ3n) is 2.55. The number of carbonyl (C=O) groups is 1. The molecule has 0 fully saturated rings. The van der Waals surface area contributed by atoms with E-state index >= 15 is 0 Å². The number of rotatable bonds is 5. The van der Waals surface area contributed by atoms with Crippen LogP contribution in [0.2, 0.25) is 5.02 Å². The van der Waals surface area contributed by atoms with Gasteiger partial charge in [-0.05, 0) is 12.5 Å². The van der Waals surface area contributed by atoms with Crippen molar-refractivity contribution >= 4 is 23.3 Å². The van der Waals surface area contributed by atoms with Crippen LogP contribution in [-0.4, -0.2) is 31.0 Å². The van der Waals surface area contributed by atoms with Crippen molar-refractivity contribution in [3.05, 3.63) is 22.8 Å². The zero-order chi connectivity index (χ0) is 15.3. The van der Waals surface area contributed by atoms with Crippen LogP contribution in [0.3, 0.4) is 0 Å². The van der Waals surface area contributed by atoms with Crippen LogP contribution < -0.4 is 10.2 Å². The lowest BCUT2D eigenvalue weighted by Crippen LogP contribution is -2.27. The molecule has 0 atom stereocenters. The molecule has 0 saturated carbocycles. The molecule has 0 radical (unpaired) electrons. The maximum absolute atomic E-state index is 12.5. The Labute approximate surface area is 119 Å². The van der Waals surface area contributed by atoms with E-state index in [0.29, 0.717) is 19.5 Å². The van der Waals surface area contributed by atoms with Gasteiger partial charge in [0.15, 0.2) is 0 Å². The number of hydrogen-bond acceptors (Lipinski definition) is 3. The average Bonchev–Trinajstić information content (AvgIpc) is 2.32. The highest BCUT2D eigenvalue weighted by Gasteiger charge is 2.31. The van der Waals surface area contributed by atoms with Gasteiger partial charge in [-0.2, -0.15) is 13.2 Å². The highest BCUT2D eigenvalue weighted by molar-refractivity contribution is 6.33. The summed E-state index contributed by atoms with van der Waals surface area (Å²) in [5, 5.41) is 2.57. The predicted molar refractivity (Wildman–Crippen MR) is 70.8 cm³/mol. The van der Waals surface area contributed by atoms with Gasteiger partial charge in [-0.25, -0.2) is 4.98 Å². The molecule has 0 aromatic carbocycles. The van der Waals surface area contributed by atoms with Crippen LogP contribution in [0.4, 0.5) is 19.0 Å². The van der Waals surface area contributed by atoms with Gasteiger partial charge in [0.2, 0.25) is 5.91 Å². The molecule has 0 aliphatic rings. The van der Waals surface area contributed by atoms with E-state index in [1.165, 1.54) is 6.92 Å². The molecule has 1 aromatic heterocycles. The molecule has 1 aromatic rings. The fraction of sp³-hybridized carbons (Fsp3) is 0.500. The first-order valence-corrected chi connectivity index (χ1v) is 6.28. The number of nitrogens with zero attached hydrogens (tertiary/aromatic N) is 2. The molecule has 0 saturated heterocycles. The van der Waals surface area contributed by atoms with Crippen molar-refractivity contribution in [2.75, 3.05) is 25.0 Å². The first-order valence-electron chi connectivity index (χ1n) is 5.90. The SMILES string of the molecule is CC(=O)NCCCN(C)c1ncc(C(F)(F)F)cc1Cl. The standard InChI is InChI=1S/C12H15ClF3N3O/c1-8(20)17-4-3-5-19(2)11-10(13)6-9(7-18-11)12(14,15)16/h6-7H,3-5H2,1-2H3,(H,17,20). The second-order valence-corrected chi connectivity index (χ2v) is 4.69. The minimum atomic E-state index is -4.46. The first kappa shape index (κ1) is 16.6. The van der Waals surface area contributed by atoms with E-state index in [9.17, 15) is 18.0 Å². The summed E-state index contributed by atoms with van der Waals surface area (Å²) in [6, 6.07) is 0.855. The van der Waals surface area contributed by atoms with Gasteiger partial charge in [-0.1, -0.05) is 11.6 Å². The number of hydrogen-bond donors (Lipinski definition) is 1. The van der Waals surface area contributed by atoms with Crippen LogP contribution in [0, 0.1) is 0 Å². The van der Waals surface area contributed by atoms with E-state index in [0.717, 1.165) is 12.3 Å². The van der Waals surface area contributed by atoms with Gasteiger partial charge in [0.05, 0.1) is 10.6 Å². The van der Waals surface area contributed by atoms with Gasteiger partial charge in [0.1, 0.15) is 5.82 Å². The monoisotopic (exact) mass is 309 g/mol. The summed E-state index contributed by atoms with van der Waals surface area (Å²) in [7, 11) is 1.68. The number of amides is 1. The summed E-state index contributed by atoms with van der Waals surface area (Å²) >= 11 is 5.82. The quantitative estimate of drug-likeness (QED) is 0.851. The van der Waals surface area contributed by atoms with Crippen LogP contribution in [0.5, 0.6) is 0 Å².